The molecule has 0 aliphatic carbocycles. The largest absolute Gasteiger partial charge is 0.495 e. The molecule has 0 fully saturated rings. The number of carboxylic acid groups (broad SMARTS) is 1. The molecule has 2 rings (SSSR count). The van der Waals surface area contributed by atoms with Crippen LogP contribution in [0.1, 0.15) is 12.8 Å². The summed E-state index contributed by atoms with van der Waals surface area (Å²) >= 11 is 0. The lowest BCUT2D eigenvalue weighted by Crippen LogP contribution is -2.45. The van der Waals surface area contributed by atoms with Crippen molar-refractivity contribution in [2.45, 2.75) is 49.5 Å². The molecule has 0 radical (unpaired) electrons. The molecule has 0 aromatic rings. The minimum Gasteiger partial charge on any atom is -0.495 e. The average Bonchev–Trinajstić information content (AvgIpc) is 2.78. The van der Waals surface area contributed by atoms with Crippen molar-refractivity contribution in [3.8, 4) is 0 Å². The molecule has 2 unspecified atom stereocenters. The maximum absolute atomic E-state index is 11.4. The highest BCUT2D eigenvalue weighted by atomic mass is 16.6. The Balaban J connectivity index is 2.22. The number of hydrogen-bond acceptors (Lipinski definition) is 11. The van der Waals surface area contributed by atoms with Crippen LogP contribution in [0.15, 0.2) is 34.4 Å². The van der Waals surface area contributed by atoms with Crippen LogP contribution < -0.4 is 0 Å². The second-order valence-electron chi connectivity index (χ2n) is 6.94. The Hall–Kier alpha value is -2.35. The van der Waals surface area contributed by atoms with Crippen LogP contribution in [0.4, 0.5) is 0 Å². The fourth-order valence-electron chi connectivity index (χ4n) is 3.28. The lowest BCUT2D eigenvalue weighted by molar-refractivity contribution is -0.143. The first-order valence-corrected chi connectivity index (χ1v) is 9.55. The van der Waals surface area contributed by atoms with Crippen LogP contribution in [0.3, 0.4) is 0 Å². The molecule has 0 saturated carbocycles. The van der Waals surface area contributed by atoms with Gasteiger partial charge in [0.1, 0.15) is 36.6 Å². The van der Waals surface area contributed by atoms with Crippen LogP contribution in [0.2, 0.25) is 0 Å². The van der Waals surface area contributed by atoms with Crippen LogP contribution >= 0.6 is 0 Å². The van der Waals surface area contributed by atoms with Gasteiger partial charge < -0.3 is 44.5 Å². The summed E-state index contributed by atoms with van der Waals surface area (Å²) < 4.78 is 21.2. The van der Waals surface area contributed by atoms with E-state index in [-0.39, 0.29) is 18.6 Å². The van der Waals surface area contributed by atoms with E-state index < -0.39 is 61.6 Å². The van der Waals surface area contributed by atoms with E-state index in [1.807, 2.05) is 0 Å². The molecule has 174 valence electrons. The zero-order valence-corrected chi connectivity index (χ0v) is 17.2. The standard InChI is InChI=1S/C19H28N2O10/c1-28-17(12(24)8-22)14-5-10(3-4-30-14)20-21-11-6-15(18(29-2)13(25)9-23)31-16(7-11)19(26)27/h3-4,7,12-15,17-18,22-25H,5-6,8-9H2,1-2H3,(H,26,27)/b20-10+,21-11+/t12-,13-,14?,15?,17-,18-/m1/s1. The highest BCUT2D eigenvalue weighted by molar-refractivity contribution is 6.03. The second kappa shape index (κ2) is 11.9. The normalized spacial score (nSPS) is 27.7. The molecule has 0 spiro atoms. The Morgan fingerprint density at radius 1 is 1.06 bits per heavy atom. The Kier molecular flexibility index (Phi) is 9.55. The summed E-state index contributed by atoms with van der Waals surface area (Å²) in [5, 5.41) is 55.7. The van der Waals surface area contributed by atoms with Crippen molar-refractivity contribution < 1.29 is 49.3 Å². The molecule has 0 saturated heterocycles. The monoisotopic (exact) mass is 444 g/mol. The highest BCUT2D eigenvalue weighted by Gasteiger charge is 2.35. The predicted molar refractivity (Wildman–Crippen MR) is 106 cm³/mol. The van der Waals surface area contributed by atoms with Crippen molar-refractivity contribution in [2.24, 2.45) is 10.2 Å². The quantitative estimate of drug-likeness (QED) is 0.251. The lowest BCUT2D eigenvalue weighted by Gasteiger charge is -2.31. The number of methoxy groups -OCH3 is 2. The third-order valence-electron chi connectivity index (χ3n) is 4.84. The molecule has 0 amide bonds. The number of ether oxygens (including phenoxy) is 4. The number of carbonyl (C=O) groups is 1. The summed E-state index contributed by atoms with van der Waals surface area (Å²) in [7, 11) is 2.69. The molecule has 5 N–H and O–H groups in total. The fraction of sp³-hybridized carbons (Fsp3) is 0.632. The van der Waals surface area contributed by atoms with Crippen LogP contribution in [0.5, 0.6) is 0 Å². The first kappa shape index (κ1) is 24.9. The van der Waals surface area contributed by atoms with Crippen LogP contribution in [0, 0.1) is 0 Å². The van der Waals surface area contributed by atoms with E-state index in [2.05, 4.69) is 10.2 Å². The van der Waals surface area contributed by atoms with E-state index in [1.54, 1.807) is 6.08 Å². The van der Waals surface area contributed by atoms with Gasteiger partial charge in [-0.05, 0) is 6.08 Å². The zero-order chi connectivity index (χ0) is 23.0. The summed E-state index contributed by atoms with van der Waals surface area (Å²) in [6, 6.07) is 0. The van der Waals surface area contributed by atoms with Crippen molar-refractivity contribution in [3.63, 3.8) is 0 Å². The van der Waals surface area contributed by atoms with Crippen molar-refractivity contribution in [2.75, 3.05) is 27.4 Å². The second-order valence-corrected chi connectivity index (χ2v) is 6.94. The topological polar surface area (TPSA) is 180 Å². The fourth-order valence-corrected chi connectivity index (χ4v) is 3.28. The molecule has 12 nitrogen and oxygen atoms in total. The molecule has 0 aromatic heterocycles. The Morgan fingerprint density at radius 2 is 1.61 bits per heavy atom. The minimum atomic E-state index is -1.33. The average molecular weight is 444 g/mol. The van der Waals surface area contributed by atoms with Gasteiger partial charge in [-0.1, -0.05) is 0 Å². The predicted octanol–water partition coefficient (Wildman–Crippen LogP) is -1.42. The van der Waals surface area contributed by atoms with E-state index >= 15 is 0 Å². The number of nitrogens with zero attached hydrogens (tertiary/aromatic N) is 2. The minimum absolute atomic E-state index is 0.0801. The summed E-state index contributed by atoms with van der Waals surface area (Å²) in [5.74, 6) is -1.72. The third kappa shape index (κ3) is 6.56. The van der Waals surface area contributed by atoms with Crippen molar-refractivity contribution in [3.05, 3.63) is 24.2 Å². The maximum Gasteiger partial charge on any atom is 0.371 e. The number of hydrogen-bond donors (Lipinski definition) is 5. The van der Waals surface area contributed by atoms with E-state index in [0.717, 1.165) is 0 Å². The molecular weight excluding hydrogens is 416 g/mol. The molecule has 12 heteroatoms. The van der Waals surface area contributed by atoms with Gasteiger partial charge in [0.2, 0.25) is 5.76 Å². The van der Waals surface area contributed by atoms with Gasteiger partial charge in [0.05, 0.1) is 30.9 Å². The summed E-state index contributed by atoms with van der Waals surface area (Å²) in [4.78, 5) is 11.4. The molecular formula is C19H28N2O10. The maximum atomic E-state index is 11.4. The molecule has 6 atom stereocenters. The molecule has 2 aliphatic rings. The zero-order valence-electron chi connectivity index (χ0n) is 17.2. The lowest BCUT2D eigenvalue weighted by atomic mass is 9.99. The van der Waals surface area contributed by atoms with E-state index in [9.17, 15) is 25.2 Å². The smallest absolute Gasteiger partial charge is 0.371 e. The van der Waals surface area contributed by atoms with Gasteiger partial charge >= 0.3 is 5.97 Å². The van der Waals surface area contributed by atoms with Crippen LogP contribution in [-0.2, 0) is 23.7 Å². The van der Waals surface area contributed by atoms with E-state index in [0.29, 0.717) is 5.71 Å². The van der Waals surface area contributed by atoms with Gasteiger partial charge in [0, 0.05) is 33.1 Å². The summed E-state index contributed by atoms with van der Waals surface area (Å²) in [6.45, 7) is -1.09. The molecule has 0 bridgehead atoms. The Bertz CT molecular complexity index is 735. The number of rotatable bonds is 10. The van der Waals surface area contributed by atoms with Crippen molar-refractivity contribution in [1.29, 1.82) is 0 Å². The van der Waals surface area contributed by atoms with Gasteiger partial charge in [-0.3, -0.25) is 0 Å². The van der Waals surface area contributed by atoms with Gasteiger partial charge in [0.15, 0.2) is 0 Å². The van der Waals surface area contributed by atoms with Gasteiger partial charge in [-0.25, -0.2) is 4.79 Å². The third-order valence-corrected chi connectivity index (χ3v) is 4.84. The Labute approximate surface area is 178 Å². The number of allylic oxidation sites excluding steroid dienone is 2. The molecule has 0 aromatic carbocycles. The van der Waals surface area contributed by atoms with E-state index in [4.69, 9.17) is 24.1 Å². The Morgan fingerprint density at radius 3 is 2.16 bits per heavy atom. The van der Waals surface area contributed by atoms with Gasteiger partial charge in [-0.2, -0.15) is 10.2 Å². The van der Waals surface area contributed by atoms with Crippen molar-refractivity contribution in [1.82, 2.24) is 0 Å². The first-order valence-electron chi connectivity index (χ1n) is 9.55. The first-order chi connectivity index (χ1) is 14.8. The van der Waals surface area contributed by atoms with Crippen LogP contribution in [0.25, 0.3) is 0 Å². The van der Waals surface area contributed by atoms with Crippen LogP contribution in [-0.4, -0.2) is 107 Å². The van der Waals surface area contributed by atoms with Gasteiger partial charge in [-0.15, -0.1) is 0 Å². The molecule has 31 heavy (non-hydrogen) atoms. The van der Waals surface area contributed by atoms with Crippen molar-refractivity contribution >= 4 is 17.4 Å². The number of aliphatic carboxylic acids is 1. The number of aliphatic hydroxyl groups excluding tert-OH is 4. The summed E-state index contributed by atoms with van der Waals surface area (Å²) in [5.41, 5.74) is 0.742. The van der Waals surface area contributed by atoms with Gasteiger partial charge in [0.25, 0.3) is 0 Å². The number of carboxylic acids is 1. The SMILES string of the molecule is CO[C@@H](C1C/C(=N/N=C2/C=C(C(=O)O)OC([C@H](OC)[C@H](O)CO)C2)C=CO1)[C@H](O)CO. The molecule has 2 aliphatic heterocycles. The highest BCUT2D eigenvalue weighted by Crippen LogP contribution is 2.23. The number of aliphatic hydroxyl groups is 4. The molecule has 2 heterocycles. The summed E-state index contributed by atoms with van der Waals surface area (Å²) in [6.07, 6.45) is -1.26. The van der Waals surface area contributed by atoms with E-state index in [1.165, 1.54) is 26.6 Å².